The first-order valence-electron chi connectivity index (χ1n) is 9.84. The maximum absolute atomic E-state index is 10.9. The number of benzene rings is 3. The van der Waals surface area contributed by atoms with Crippen molar-refractivity contribution in [2.24, 2.45) is 0 Å². The van der Waals surface area contributed by atoms with E-state index in [1.807, 2.05) is 93.6 Å². The van der Waals surface area contributed by atoms with Crippen LogP contribution in [0.2, 0.25) is 0 Å². The molecule has 0 aromatic heterocycles. The molecular weight excluding hydrogens is 384 g/mol. The molecule has 0 bridgehead atoms. The lowest BCUT2D eigenvalue weighted by atomic mass is 10.1. The molecule has 0 radical (unpaired) electrons. The SMILES string of the molecule is C.CC(=O)c1ccc(C)cc1.CC(=O)c1ccccc1C.CC(=O)c1ccccc1C. The molecular formula is C28H34O3. The molecule has 0 heterocycles. The van der Waals surface area contributed by atoms with Gasteiger partial charge in [-0.2, -0.15) is 0 Å². The Bertz CT molecular complexity index is 943. The van der Waals surface area contributed by atoms with E-state index in [-0.39, 0.29) is 24.8 Å². The minimum absolute atomic E-state index is 0. The third-order valence-corrected chi connectivity index (χ3v) is 4.51. The zero-order chi connectivity index (χ0) is 22.7. The lowest BCUT2D eigenvalue weighted by Gasteiger charge is -1.97. The van der Waals surface area contributed by atoms with Crippen molar-refractivity contribution in [3.8, 4) is 0 Å². The molecule has 0 amide bonds. The van der Waals surface area contributed by atoms with Crippen LogP contribution in [0.3, 0.4) is 0 Å². The van der Waals surface area contributed by atoms with Crippen LogP contribution in [0.5, 0.6) is 0 Å². The Morgan fingerprint density at radius 2 is 0.871 bits per heavy atom. The second-order valence-electron chi connectivity index (χ2n) is 7.16. The third kappa shape index (κ3) is 9.81. The van der Waals surface area contributed by atoms with Crippen LogP contribution in [0.15, 0.2) is 72.8 Å². The Balaban J connectivity index is 0.000000429. The van der Waals surface area contributed by atoms with Crippen LogP contribution in [0.25, 0.3) is 0 Å². The highest BCUT2D eigenvalue weighted by Gasteiger charge is 2.00. The quantitative estimate of drug-likeness (QED) is 0.422. The number of carbonyl (C=O) groups excluding carboxylic acids is 3. The number of ketones is 3. The van der Waals surface area contributed by atoms with Gasteiger partial charge in [-0.05, 0) is 52.7 Å². The predicted molar refractivity (Wildman–Crippen MR) is 130 cm³/mol. The van der Waals surface area contributed by atoms with E-state index in [9.17, 15) is 14.4 Å². The fourth-order valence-corrected chi connectivity index (χ4v) is 2.72. The van der Waals surface area contributed by atoms with Crippen molar-refractivity contribution < 1.29 is 14.4 Å². The summed E-state index contributed by atoms with van der Waals surface area (Å²) in [6, 6.07) is 22.8. The number of Topliss-reactive ketones (excluding diaryl/α,β-unsaturated/α-hetero) is 3. The molecule has 0 saturated carbocycles. The van der Waals surface area contributed by atoms with Gasteiger partial charge in [0, 0.05) is 16.7 Å². The molecule has 0 aliphatic heterocycles. The van der Waals surface area contributed by atoms with Crippen molar-refractivity contribution in [1.82, 2.24) is 0 Å². The second-order valence-corrected chi connectivity index (χ2v) is 7.16. The monoisotopic (exact) mass is 418 g/mol. The second kappa shape index (κ2) is 13.8. The molecule has 0 atom stereocenters. The summed E-state index contributed by atoms with van der Waals surface area (Å²) in [5.41, 5.74) is 5.71. The highest BCUT2D eigenvalue weighted by atomic mass is 16.1. The van der Waals surface area contributed by atoms with Crippen molar-refractivity contribution in [1.29, 1.82) is 0 Å². The topological polar surface area (TPSA) is 51.2 Å². The molecule has 3 heteroatoms. The van der Waals surface area contributed by atoms with Gasteiger partial charge in [0.1, 0.15) is 0 Å². The number of hydrogen-bond acceptors (Lipinski definition) is 3. The van der Waals surface area contributed by atoms with Crippen molar-refractivity contribution in [2.75, 3.05) is 0 Å². The Hall–Kier alpha value is -3.33. The molecule has 0 aliphatic carbocycles. The Labute approximate surface area is 187 Å². The van der Waals surface area contributed by atoms with Gasteiger partial charge in [0.2, 0.25) is 0 Å². The minimum atomic E-state index is 0. The van der Waals surface area contributed by atoms with Gasteiger partial charge < -0.3 is 0 Å². The average molecular weight is 419 g/mol. The molecule has 0 N–H and O–H groups in total. The molecule has 3 nitrogen and oxygen atoms in total. The maximum atomic E-state index is 10.9. The summed E-state index contributed by atoms with van der Waals surface area (Å²) in [5, 5.41) is 0. The van der Waals surface area contributed by atoms with E-state index in [4.69, 9.17) is 0 Å². The summed E-state index contributed by atoms with van der Waals surface area (Å²) >= 11 is 0. The summed E-state index contributed by atoms with van der Waals surface area (Å²) in [5.74, 6) is 0.399. The summed E-state index contributed by atoms with van der Waals surface area (Å²) in [7, 11) is 0. The van der Waals surface area contributed by atoms with E-state index in [2.05, 4.69) is 0 Å². The van der Waals surface area contributed by atoms with Crippen LogP contribution in [-0.4, -0.2) is 17.3 Å². The van der Waals surface area contributed by atoms with Crippen LogP contribution in [0, 0.1) is 20.8 Å². The van der Waals surface area contributed by atoms with E-state index in [1.54, 1.807) is 20.8 Å². The summed E-state index contributed by atoms with van der Waals surface area (Å²) in [6.45, 7) is 10.6. The maximum Gasteiger partial charge on any atom is 0.160 e. The molecule has 3 rings (SSSR count). The van der Waals surface area contributed by atoms with Crippen LogP contribution >= 0.6 is 0 Å². The van der Waals surface area contributed by atoms with Crippen LogP contribution in [0.4, 0.5) is 0 Å². The third-order valence-electron chi connectivity index (χ3n) is 4.51. The number of aryl methyl sites for hydroxylation is 3. The van der Waals surface area contributed by atoms with Crippen LogP contribution in [-0.2, 0) is 0 Å². The van der Waals surface area contributed by atoms with Gasteiger partial charge in [-0.3, -0.25) is 14.4 Å². The zero-order valence-corrected chi connectivity index (χ0v) is 18.7. The average Bonchev–Trinajstić information content (AvgIpc) is 2.69. The van der Waals surface area contributed by atoms with Crippen molar-refractivity contribution >= 4 is 17.3 Å². The molecule has 164 valence electrons. The number of carbonyl (C=O) groups is 3. The van der Waals surface area contributed by atoms with Crippen molar-refractivity contribution in [2.45, 2.75) is 49.0 Å². The van der Waals surface area contributed by atoms with Crippen molar-refractivity contribution in [3.63, 3.8) is 0 Å². The van der Waals surface area contributed by atoms with Gasteiger partial charge in [-0.15, -0.1) is 0 Å². The molecule has 0 aliphatic rings. The van der Waals surface area contributed by atoms with Gasteiger partial charge in [0.25, 0.3) is 0 Å². The molecule has 0 unspecified atom stereocenters. The normalized spacial score (nSPS) is 9.10. The zero-order valence-electron chi connectivity index (χ0n) is 18.7. The minimum Gasteiger partial charge on any atom is -0.295 e. The fourth-order valence-electron chi connectivity index (χ4n) is 2.72. The van der Waals surface area contributed by atoms with Crippen molar-refractivity contribution in [3.05, 3.63) is 106 Å². The first-order chi connectivity index (χ1) is 14.1. The van der Waals surface area contributed by atoms with E-state index in [1.165, 1.54) is 5.56 Å². The predicted octanol–water partition coefficient (Wildman–Crippen LogP) is 7.23. The molecule has 31 heavy (non-hydrogen) atoms. The number of hydrogen-bond donors (Lipinski definition) is 0. The van der Waals surface area contributed by atoms with Gasteiger partial charge in [0.05, 0.1) is 0 Å². The molecule has 3 aromatic carbocycles. The largest absolute Gasteiger partial charge is 0.295 e. The molecule has 0 fully saturated rings. The standard InChI is InChI=1S/3C9H10O.CH4/c1-7-3-5-9(6-4-7)8(2)10;2*1-7-5-3-4-6-9(7)8(2)10;/h3*3-6H,1-2H3;1H4. The number of rotatable bonds is 3. The van der Waals surface area contributed by atoms with Gasteiger partial charge in [0.15, 0.2) is 17.3 Å². The molecule has 0 spiro atoms. The van der Waals surface area contributed by atoms with E-state index >= 15 is 0 Å². The molecule has 0 saturated heterocycles. The summed E-state index contributed by atoms with van der Waals surface area (Å²) in [6.07, 6.45) is 0. The first kappa shape index (κ1) is 27.7. The Kier molecular flexibility index (Phi) is 12.3. The van der Waals surface area contributed by atoms with Gasteiger partial charge >= 0.3 is 0 Å². The lowest BCUT2D eigenvalue weighted by Crippen LogP contribution is -1.93. The van der Waals surface area contributed by atoms with E-state index < -0.39 is 0 Å². The van der Waals surface area contributed by atoms with Crippen LogP contribution < -0.4 is 0 Å². The van der Waals surface area contributed by atoms with Crippen LogP contribution in [0.1, 0.15) is 76.0 Å². The van der Waals surface area contributed by atoms with Gasteiger partial charge in [-0.25, -0.2) is 0 Å². The smallest absolute Gasteiger partial charge is 0.160 e. The highest BCUT2D eigenvalue weighted by Crippen LogP contribution is 2.07. The van der Waals surface area contributed by atoms with Gasteiger partial charge in [-0.1, -0.05) is 85.8 Å². The summed E-state index contributed by atoms with van der Waals surface area (Å²) in [4.78, 5) is 32.5. The summed E-state index contributed by atoms with van der Waals surface area (Å²) < 4.78 is 0. The fraction of sp³-hybridized carbons (Fsp3) is 0.250. The van der Waals surface area contributed by atoms with E-state index in [0.29, 0.717) is 0 Å². The lowest BCUT2D eigenvalue weighted by molar-refractivity contribution is 0.100. The highest BCUT2D eigenvalue weighted by molar-refractivity contribution is 5.96. The van der Waals surface area contributed by atoms with E-state index in [0.717, 1.165) is 27.8 Å². The first-order valence-corrected chi connectivity index (χ1v) is 9.84. The Morgan fingerprint density at radius 1 is 0.516 bits per heavy atom. The molecule has 3 aromatic rings. The Morgan fingerprint density at radius 3 is 1.13 bits per heavy atom.